The lowest BCUT2D eigenvalue weighted by molar-refractivity contribution is -0.129. The van der Waals surface area contributed by atoms with E-state index in [4.69, 9.17) is 0 Å². The molecule has 0 unspecified atom stereocenters. The van der Waals surface area contributed by atoms with Crippen molar-refractivity contribution in [3.05, 3.63) is 42.0 Å². The Morgan fingerprint density at radius 1 is 1.11 bits per heavy atom. The first kappa shape index (κ1) is 17.3. The highest BCUT2D eigenvalue weighted by Gasteiger charge is 2.37. The fourth-order valence-electron chi connectivity index (χ4n) is 3.43. The summed E-state index contributed by atoms with van der Waals surface area (Å²) in [6.07, 6.45) is 2.45. The number of rotatable bonds is 4. The van der Waals surface area contributed by atoms with Gasteiger partial charge in [0.15, 0.2) is 0 Å². The van der Waals surface area contributed by atoms with Crippen molar-refractivity contribution in [3.8, 4) is 5.75 Å². The molecule has 1 heterocycles. The molecule has 2 aromatic rings. The molecule has 1 aliphatic carbocycles. The molecule has 0 spiro atoms. The Hall–Kier alpha value is -3.09. The molecule has 3 amide bonds. The van der Waals surface area contributed by atoms with E-state index in [1.807, 2.05) is 24.3 Å². The highest BCUT2D eigenvalue weighted by Crippen LogP contribution is 2.32. The van der Waals surface area contributed by atoms with E-state index < -0.39 is 17.7 Å². The summed E-state index contributed by atoms with van der Waals surface area (Å²) < 4.78 is 0. The summed E-state index contributed by atoms with van der Waals surface area (Å²) >= 11 is 0. The van der Waals surface area contributed by atoms with Gasteiger partial charge in [0.05, 0.1) is 11.5 Å². The van der Waals surface area contributed by atoms with Crippen LogP contribution in [0.15, 0.2) is 36.4 Å². The highest BCUT2D eigenvalue weighted by molar-refractivity contribution is 6.02. The number of phenols is 1. The summed E-state index contributed by atoms with van der Waals surface area (Å²) in [4.78, 5) is 38.4. The third-order valence-corrected chi connectivity index (χ3v) is 5.17. The number of hydrazine groups is 1. The quantitative estimate of drug-likeness (QED) is 0.714. The number of carbonyl (C=O) groups excluding carboxylic acids is 3. The average molecular weight is 367 g/mol. The van der Waals surface area contributed by atoms with Crippen LogP contribution in [0.25, 0.3) is 10.8 Å². The summed E-state index contributed by atoms with van der Waals surface area (Å²) in [6, 6.07) is 10.4. The molecular weight excluding hydrogens is 346 g/mol. The molecule has 4 rings (SSSR count). The second-order valence-corrected chi connectivity index (χ2v) is 7.30. The summed E-state index contributed by atoms with van der Waals surface area (Å²) in [7, 11) is 0. The monoisotopic (exact) mass is 367 g/mol. The van der Waals surface area contributed by atoms with Gasteiger partial charge in [-0.15, -0.1) is 0 Å². The van der Waals surface area contributed by atoms with Gasteiger partial charge in [0.2, 0.25) is 11.8 Å². The van der Waals surface area contributed by atoms with Crippen LogP contribution < -0.4 is 10.9 Å². The maximum absolute atomic E-state index is 12.3. The van der Waals surface area contributed by atoms with Crippen LogP contribution in [-0.4, -0.2) is 40.8 Å². The fraction of sp³-hybridized carbons (Fsp3) is 0.350. The van der Waals surface area contributed by atoms with Crippen LogP contribution >= 0.6 is 0 Å². The highest BCUT2D eigenvalue weighted by atomic mass is 16.3. The number of benzene rings is 2. The standard InChI is InChI=1S/C20H21N3O4/c24-17-8-14-4-2-1-3-13(14)7-16(17)20(27)22-21-19(26)15-9-18(25)23(11-15)10-12-5-6-12/h1-4,7-8,12,15,24H,5-6,9-11H2,(H,21,26)(H,22,27)/t15-/m0/s1. The van der Waals surface area contributed by atoms with Gasteiger partial charge < -0.3 is 10.0 Å². The zero-order valence-electron chi connectivity index (χ0n) is 14.8. The number of nitrogens with zero attached hydrogens (tertiary/aromatic N) is 1. The molecule has 1 saturated carbocycles. The topological polar surface area (TPSA) is 98.7 Å². The normalized spacial score (nSPS) is 19.3. The predicted octanol–water partition coefficient (Wildman–Crippen LogP) is 1.56. The molecule has 27 heavy (non-hydrogen) atoms. The zero-order valence-corrected chi connectivity index (χ0v) is 14.8. The third-order valence-electron chi connectivity index (χ3n) is 5.17. The first-order valence-electron chi connectivity index (χ1n) is 9.11. The van der Waals surface area contributed by atoms with Gasteiger partial charge in [-0.05, 0) is 41.7 Å². The van der Waals surface area contributed by atoms with Crippen LogP contribution in [0.5, 0.6) is 5.75 Å². The van der Waals surface area contributed by atoms with E-state index in [1.165, 1.54) is 6.07 Å². The van der Waals surface area contributed by atoms with Gasteiger partial charge >= 0.3 is 0 Å². The number of phenolic OH excluding ortho intramolecular Hbond substituents is 1. The first-order chi connectivity index (χ1) is 13.0. The van der Waals surface area contributed by atoms with Crippen molar-refractivity contribution in [2.24, 2.45) is 11.8 Å². The Kier molecular flexibility index (Phi) is 4.43. The van der Waals surface area contributed by atoms with Gasteiger partial charge in [-0.1, -0.05) is 24.3 Å². The number of likely N-dealkylation sites (tertiary alicyclic amines) is 1. The number of hydrogen-bond donors (Lipinski definition) is 3. The molecule has 1 atom stereocenters. The molecule has 0 aromatic heterocycles. The van der Waals surface area contributed by atoms with Crippen molar-refractivity contribution in [2.45, 2.75) is 19.3 Å². The van der Waals surface area contributed by atoms with Crippen molar-refractivity contribution in [1.82, 2.24) is 15.8 Å². The maximum Gasteiger partial charge on any atom is 0.273 e. The van der Waals surface area contributed by atoms with Gasteiger partial charge in [0.25, 0.3) is 5.91 Å². The number of nitrogens with one attached hydrogen (secondary N) is 2. The van der Waals surface area contributed by atoms with Crippen LogP contribution in [-0.2, 0) is 9.59 Å². The number of carbonyl (C=O) groups is 3. The van der Waals surface area contributed by atoms with E-state index in [1.54, 1.807) is 11.0 Å². The van der Waals surface area contributed by atoms with Crippen LogP contribution in [0.3, 0.4) is 0 Å². The summed E-state index contributed by atoms with van der Waals surface area (Å²) in [5, 5.41) is 11.7. The van der Waals surface area contributed by atoms with Gasteiger partial charge in [-0.3, -0.25) is 25.2 Å². The molecule has 0 radical (unpaired) electrons. The molecule has 7 heteroatoms. The van der Waals surface area contributed by atoms with Gasteiger partial charge in [0.1, 0.15) is 5.75 Å². The second kappa shape index (κ2) is 6.90. The van der Waals surface area contributed by atoms with Crippen molar-refractivity contribution < 1.29 is 19.5 Å². The Labute approximate surface area is 156 Å². The van der Waals surface area contributed by atoms with E-state index in [2.05, 4.69) is 10.9 Å². The predicted molar refractivity (Wildman–Crippen MR) is 98.6 cm³/mol. The van der Waals surface area contributed by atoms with Crippen molar-refractivity contribution >= 4 is 28.5 Å². The summed E-state index contributed by atoms with van der Waals surface area (Å²) in [5.74, 6) is -1.07. The van der Waals surface area contributed by atoms with E-state index in [-0.39, 0.29) is 23.6 Å². The average Bonchev–Trinajstić information content (AvgIpc) is 3.40. The second-order valence-electron chi connectivity index (χ2n) is 7.30. The third kappa shape index (κ3) is 3.72. The Morgan fingerprint density at radius 3 is 2.52 bits per heavy atom. The van der Waals surface area contributed by atoms with Crippen LogP contribution in [0, 0.1) is 11.8 Å². The lowest BCUT2D eigenvalue weighted by atomic mass is 10.1. The van der Waals surface area contributed by atoms with Gasteiger partial charge in [-0.2, -0.15) is 0 Å². The van der Waals surface area contributed by atoms with Crippen LogP contribution in [0.2, 0.25) is 0 Å². The smallest absolute Gasteiger partial charge is 0.273 e. The molecule has 2 fully saturated rings. The lowest BCUT2D eigenvalue weighted by Gasteiger charge is -2.16. The molecule has 0 bridgehead atoms. The maximum atomic E-state index is 12.3. The molecule has 2 aromatic carbocycles. The minimum Gasteiger partial charge on any atom is -0.507 e. The molecule has 2 aliphatic rings. The minimum absolute atomic E-state index is 0.0134. The van der Waals surface area contributed by atoms with Gasteiger partial charge in [0, 0.05) is 19.5 Å². The molecule has 7 nitrogen and oxygen atoms in total. The van der Waals surface area contributed by atoms with Crippen molar-refractivity contribution in [2.75, 3.05) is 13.1 Å². The zero-order chi connectivity index (χ0) is 19.0. The number of hydrogen-bond acceptors (Lipinski definition) is 4. The summed E-state index contributed by atoms with van der Waals surface area (Å²) in [5.41, 5.74) is 4.79. The molecule has 1 saturated heterocycles. The van der Waals surface area contributed by atoms with E-state index in [0.29, 0.717) is 12.5 Å². The van der Waals surface area contributed by atoms with E-state index >= 15 is 0 Å². The Bertz CT molecular complexity index is 923. The number of aromatic hydroxyl groups is 1. The molecule has 140 valence electrons. The largest absolute Gasteiger partial charge is 0.507 e. The van der Waals surface area contributed by atoms with Crippen molar-refractivity contribution in [1.29, 1.82) is 0 Å². The first-order valence-corrected chi connectivity index (χ1v) is 9.11. The van der Waals surface area contributed by atoms with E-state index in [0.717, 1.165) is 30.2 Å². The number of fused-ring (bicyclic) bond motifs is 1. The van der Waals surface area contributed by atoms with Crippen molar-refractivity contribution in [3.63, 3.8) is 0 Å². The van der Waals surface area contributed by atoms with Crippen LogP contribution in [0.1, 0.15) is 29.6 Å². The fourth-order valence-corrected chi connectivity index (χ4v) is 3.43. The van der Waals surface area contributed by atoms with E-state index in [9.17, 15) is 19.5 Å². The Morgan fingerprint density at radius 2 is 1.81 bits per heavy atom. The molecular formula is C20H21N3O4. The Balaban J connectivity index is 1.37. The SMILES string of the molecule is O=C(NNC(=O)[C@H]1CC(=O)N(CC2CC2)C1)c1cc2ccccc2cc1O. The summed E-state index contributed by atoms with van der Waals surface area (Å²) in [6.45, 7) is 1.11. The number of amides is 3. The molecule has 3 N–H and O–H groups in total. The lowest BCUT2D eigenvalue weighted by Crippen LogP contribution is -2.45. The minimum atomic E-state index is -0.606. The van der Waals surface area contributed by atoms with Gasteiger partial charge in [-0.25, -0.2) is 0 Å². The van der Waals surface area contributed by atoms with Crippen LogP contribution in [0.4, 0.5) is 0 Å². The molecule has 1 aliphatic heterocycles.